The van der Waals surface area contributed by atoms with Gasteiger partial charge in [-0.2, -0.15) is 0 Å². The summed E-state index contributed by atoms with van der Waals surface area (Å²) in [6, 6.07) is 10.7. The van der Waals surface area contributed by atoms with Crippen LogP contribution in [-0.2, 0) is 7.05 Å². The van der Waals surface area contributed by atoms with Gasteiger partial charge in [0.15, 0.2) is 5.82 Å². The summed E-state index contributed by atoms with van der Waals surface area (Å²) in [6.07, 6.45) is 1.68. The number of carbonyl (C=O) groups is 1. The topological polar surface area (TPSA) is 88.5 Å². The van der Waals surface area contributed by atoms with Crippen LogP contribution >= 0.6 is 12.2 Å². The van der Waals surface area contributed by atoms with E-state index in [9.17, 15) is 4.79 Å². The molecule has 0 aliphatic carbocycles. The van der Waals surface area contributed by atoms with Crippen molar-refractivity contribution in [3.8, 4) is 11.4 Å². The number of benzene rings is 1. The van der Waals surface area contributed by atoms with Gasteiger partial charge in [0.25, 0.3) is 5.91 Å². The zero-order valence-corrected chi connectivity index (χ0v) is 12.5. The van der Waals surface area contributed by atoms with Crippen LogP contribution in [0.5, 0.6) is 0 Å². The van der Waals surface area contributed by atoms with Crippen LogP contribution in [-0.4, -0.2) is 31.1 Å². The highest BCUT2D eigenvalue weighted by molar-refractivity contribution is 7.71. The van der Waals surface area contributed by atoms with E-state index < -0.39 is 0 Å². The number of anilines is 1. The molecule has 0 aliphatic heterocycles. The van der Waals surface area contributed by atoms with E-state index in [1.54, 1.807) is 42.2 Å². The van der Waals surface area contributed by atoms with Crippen molar-refractivity contribution in [2.75, 3.05) is 5.32 Å². The highest BCUT2D eigenvalue weighted by Gasteiger charge is 2.10. The number of nitrogens with zero attached hydrogens (tertiary/aromatic N) is 4. The highest BCUT2D eigenvalue weighted by Crippen LogP contribution is 2.20. The van der Waals surface area contributed by atoms with E-state index >= 15 is 0 Å². The summed E-state index contributed by atoms with van der Waals surface area (Å²) in [7, 11) is 1.75. The Hall–Kier alpha value is -2.87. The predicted octanol–water partition coefficient (Wildman–Crippen LogP) is 2.19. The monoisotopic (exact) mass is 312 g/mol. The number of aryl methyl sites for hydroxylation is 1. The number of rotatable bonds is 3. The second-order valence-corrected chi connectivity index (χ2v) is 4.98. The molecule has 0 bridgehead atoms. The van der Waals surface area contributed by atoms with Crippen LogP contribution in [0.25, 0.3) is 11.4 Å². The number of aromatic nitrogens is 5. The van der Waals surface area contributed by atoms with Gasteiger partial charge >= 0.3 is 0 Å². The number of hydrogen-bond acceptors (Lipinski definition) is 5. The van der Waals surface area contributed by atoms with Crippen LogP contribution in [0, 0.1) is 4.64 Å². The van der Waals surface area contributed by atoms with Crippen molar-refractivity contribution in [2.45, 2.75) is 0 Å². The first kappa shape index (κ1) is 14.1. The Bertz CT molecular complexity index is 885. The summed E-state index contributed by atoms with van der Waals surface area (Å²) in [4.78, 5) is 15.1. The molecule has 0 radical (unpaired) electrons. The summed E-state index contributed by atoms with van der Waals surface area (Å²) < 4.78 is 1.96. The van der Waals surface area contributed by atoms with Gasteiger partial charge < -0.3 is 10.3 Å². The summed E-state index contributed by atoms with van der Waals surface area (Å²) in [5, 5.41) is 14.2. The molecule has 2 N–H and O–H groups in total. The highest BCUT2D eigenvalue weighted by atomic mass is 32.1. The third-order valence-electron chi connectivity index (χ3n) is 3.06. The molecule has 22 heavy (non-hydrogen) atoms. The molecule has 2 aromatic heterocycles. The van der Waals surface area contributed by atoms with Gasteiger partial charge in [0.2, 0.25) is 0 Å². The lowest BCUT2D eigenvalue weighted by Gasteiger charge is -2.07. The lowest BCUT2D eigenvalue weighted by Crippen LogP contribution is -2.12. The van der Waals surface area contributed by atoms with Crippen LogP contribution in [0.1, 0.15) is 10.4 Å². The van der Waals surface area contributed by atoms with E-state index in [2.05, 4.69) is 25.8 Å². The van der Waals surface area contributed by atoms with Crippen molar-refractivity contribution < 1.29 is 4.79 Å². The van der Waals surface area contributed by atoms with Gasteiger partial charge in [-0.3, -0.25) is 4.79 Å². The van der Waals surface area contributed by atoms with E-state index in [1.807, 2.05) is 12.1 Å². The van der Waals surface area contributed by atoms with Crippen LogP contribution < -0.4 is 5.32 Å². The molecular formula is C14H12N6OS. The molecule has 7 nitrogen and oxygen atoms in total. The fourth-order valence-electron chi connectivity index (χ4n) is 2.01. The Kier molecular flexibility index (Phi) is 3.75. The molecular weight excluding hydrogens is 300 g/mol. The van der Waals surface area contributed by atoms with Crippen LogP contribution in [0.4, 0.5) is 5.69 Å². The van der Waals surface area contributed by atoms with Crippen LogP contribution in [0.3, 0.4) is 0 Å². The van der Waals surface area contributed by atoms with Crippen molar-refractivity contribution in [3.05, 3.63) is 52.8 Å². The van der Waals surface area contributed by atoms with Crippen molar-refractivity contribution in [2.24, 2.45) is 7.05 Å². The van der Waals surface area contributed by atoms with Crippen LogP contribution in [0.2, 0.25) is 0 Å². The average Bonchev–Trinajstić information content (AvgIpc) is 2.94. The molecule has 8 heteroatoms. The summed E-state index contributed by atoms with van der Waals surface area (Å²) >= 11 is 5.11. The molecule has 0 atom stereocenters. The Balaban J connectivity index is 1.88. The van der Waals surface area contributed by atoms with Gasteiger partial charge in [-0.05, 0) is 34.7 Å². The molecule has 0 aliphatic rings. The number of pyridine rings is 1. The lowest BCUT2D eigenvalue weighted by atomic mass is 10.2. The quantitative estimate of drug-likeness (QED) is 0.724. The zero-order valence-electron chi connectivity index (χ0n) is 11.6. The maximum Gasteiger partial charge on any atom is 0.258 e. The summed E-state index contributed by atoms with van der Waals surface area (Å²) in [5.74, 6) is 0.350. The predicted molar refractivity (Wildman–Crippen MR) is 83.8 cm³/mol. The summed E-state index contributed by atoms with van der Waals surface area (Å²) in [6.45, 7) is 0. The number of tetrazole rings is 1. The molecule has 1 aromatic carbocycles. The Morgan fingerprint density at radius 3 is 2.91 bits per heavy atom. The largest absolute Gasteiger partial charge is 0.352 e. The SMILES string of the molecule is Cn1nnnc1-c1cccc(NC(=O)c2ccc[nH]c2=S)c1. The smallest absolute Gasteiger partial charge is 0.258 e. The fraction of sp³-hybridized carbons (Fsp3) is 0.0714. The molecule has 0 saturated heterocycles. The van der Waals surface area contributed by atoms with E-state index in [0.717, 1.165) is 5.56 Å². The standard InChI is InChI=1S/C14H12N6OS/c1-20-12(17-18-19-20)9-4-2-5-10(8-9)16-13(21)11-6-3-7-15-14(11)22/h2-8H,1H3,(H,15,22)(H,16,21). The molecule has 0 unspecified atom stereocenters. The first-order valence-corrected chi connectivity index (χ1v) is 6.88. The first-order valence-electron chi connectivity index (χ1n) is 6.47. The number of H-pyrrole nitrogens is 1. The Morgan fingerprint density at radius 2 is 2.18 bits per heavy atom. The number of hydrogen-bond donors (Lipinski definition) is 2. The van der Waals surface area contributed by atoms with Crippen LogP contribution in [0.15, 0.2) is 42.6 Å². The van der Waals surface area contributed by atoms with Gasteiger partial charge in [0, 0.05) is 24.5 Å². The second-order valence-electron chi connectivity index (χ2n) is 4.57. The molecule has 3 rings (SSSR count). The molecule has 110 valence electrons. The number of carbonyl (C=O) groups excluding carboxylic acids is 1. The first-order chi connectivity index (χ1) is 10.6. The Labute approximate surface area is 131 Å². The van der Waals surface area contributed by atoms with E-state index in [0.29, 0.717) is 21.7 Å². The van der Waals surface area contributed by atoms with Gasteiger partial charge in [-0.15, -0.1) is 5.10 Å². The average molecular weight is 312 g/mol. The number of nitrogens with one attached hydrogen (secondary N) is 2. The minimum absolute atomic E-state index is 0.268. The van der Waals surface area contributed by atoms with Crippen molar-refractivity contribution in [1.29, 1.82) is 0 Å². The molecule has 0 saturated carbocycles. The maximum absolute atomic E-state index is 12.3. The summed E-state index contributed by atoms with van der Waals surface area (Å²) in [5.41, 5.74) is 1.87. The van der Waals surface area contributed by atoms with Crippen molar-refractivity contribution in [3.63, 3.8) is 0 Å². The number of aromatic amines is 1. The van der Waals surface area contributed by atoms with Gasteiger partial charge in [0.05, 0.1) is 5.56 Å². The van der Waals surface area contributed by atoms with Crippen molar-refractivity contribution >= 4 is 23.8 Å². The van der Waals surface area contributed by atoms with E-state index in [-0.39, 0.29) is 5.91 Å². The molecule has 2 heterocycles. The number of amides is 1. The van der Waals surface area contributed by atoms with Gasteiger partial charge in [-0.25, -0.2) is 4.68 Å². The van der Waals surface area contributed by atoms with Gasteiger partial charge in [0.1, 0.15) is 4.64 Å². The lowest BCUT2D eigenvalue weighted by molar-refractivity contribution is 0.102. The molecule has 3 aromatic rings. The van der Waals surface area contributed by atoms with E-state index in [1.165, 1.54) is 0 Å². The second kappa shape index (κ2) is 5.86. The zero-order chi connectivity index (χ0) is 15.5. The minimum atomic E-state index is -0.268. The third kappa shape index (κ3) is 2.77. The molecule has 0 fully saturated rings. The van der Waals surface area contributed by atoms with E-state index in [4.69, 9.17) is 12.2 Å². The minimum Gasteiger partial charge on any atom is -0.352 e. The normalized spacial score (nSPS) is 10.4. The van der Waals surface area contributed by atoms with Crippen molar-refractivity contribution in [1.82, 2.24) is 25.2 Å². The molecule has 0 spiro atoms. The fourth-order valence-corrected chi connectivity index (χ4v) is 2.24. The van der Waals surface area contributed by atoms with Gasteiger partial charge in [-0.1, -0.05) is 24.4 Å². The third-order valence-corrected chi connectivity index (χ3v) is 3.40. The maximum atomic E-state index is 12.3. The molecule has 1 amide bonds. The Morgan fingerprint density at radius 1 is 1.32 bits per heavy atom.